The summed E-state index contributed by atoms with van der Waals surface area (Å²) in [4.78, 5) is 45.7. The SMILES string of the molecule is CC[C@@H](C)N1Cc2c(O)c3c(c(N(C)C)c2C1)C[C@H]1C[C@H]2[C@H](N(C)C)C(=O)C(C(C)=O)=C(O)[C@@]2(O)C(=O)C1=C3O. The van der Waals surface area contributed by atoms with Gasteiger partial charge in [0.15, 0.2) is 17.2 Å². The van der Waals surface area contributed by atoms with Crippen LogP contribution in [0.1, 0.15) is 55.9 Å². The molecule has 5 rings (SSSR count). The highest BCUT2D eigenvalue weighted by Crippen LogP contribution is 2.55. The van der Waals surface area contributed by atoms with Gasteiger partial charge in [0.25, 0.3) is 0 Å². The minimum Gasteiger partial charge on any atom is -0.508 e. The lowest BCUT2D eigenvalue weighted by atomic mass is 9.57. The normalized spacial score (nSPS) is 28.9. The predicted octanol–water partition coefficient (Wildman–Crippen LogP) is 2.25. The van der Waals surface area contributed by atoms with Crippen molar-refractivity contribution in [3.63, 3.8) is 0 Å². The molecule has 0 amide bonds. The van der Waals surface area contributed by atoms with Crippen molar-refractivity contribution in [2.75, 3.05) is 33.1 Å². The van der Waals surface area contributed by atoms with E-state index in [0.29, 0.717) is 30.6 Å². The van der Waals surface area contributed by atoms with Crippen LogP contribution in [0.5, 0.6) is 5.75 Å². The predicted molar refractivity (Wildman–Crippen MR) is 149 cm³/mol. The molecule has 1 aromatic rings. The standard InChI is InChI=1S/C30H39N3O7/c1-8-13(2)33-11-17-18(12-33)25(35)22-16(23(17)31(4)5)9-15-10-19-24(32(6)7)27(37)20(14(3)34)28(38)30(19,40)29(39)21(15)26(22)36/h13,15,19,24,35-36,38,40H,8-12H2,1-7H3/t13-,15+,19+,24+,30-/m1/s1. The first kappa shape index (κ1) is 28.3. The van der Waals surface area contributed by atoms with Crippen LogP contribution in [0.15, 0.2) is 16.9 Å². The van der Waals surface area contributed by atoms with E-state index in [1.54, 1.807) is 19.0 Å². The van der Waals surface area contributed by atoms with Crippen molar-refractivity contribution in [1.29, 1.82) is 0 Å². The molecule has 0 spiro atoms. The number of hydrogen-bond acceptors (Lipinski definition) is 10. The second-order valence-corrected chi connectivity index (χ2v) is 12.2. The number of hydrogen-bond donors (Lipinski definition) is 4. The Morgan fingerprint density at radius 1 is 1.07 bits per heavy atom. The Balaban J connectivity index is 1.74. The maximum absolute atomic E-state index is 14.1. The van der Waals surface area contributed by atoms with Gasteiger partial charge in [0, 0.05) is 56.0 Å². The number of ketones is 3. The van der Waals surface area contributed by atoms with Gasteiger partial charge in [0.05, 0.1) is 11.6 Å². The van der Waals surface area contributed by atoms with E-state index in [9.17, 15) is 34.8 Å². The zero-order chi connectivity index (χ0) is 29.6. The molecule has 1 fully saturated rings. The quantitative estimate of drug-likeness (QED) is 0.401. The van der Waals surface area contributed by atoms with E-state index in [0.717, 1.165) is 24.6 Å². The van der Waals surface area contributed by atoms with Crippen LogP contribution in [-0.4, -0.2) is 93.5 Å². The third kappa shape index (κ3) is 3.62. The average Bonchev–Trinajstić information content (AvgIpc) is 3.30. The van der Waals surface area contributed by atoms with E-state index in [1.165, 1.54) is 0 Å². The van der Waals surface area contributed by atoms with Crippen molar-refractivity contribution in [2.45, 2.75) is 70.8 Å². The number of phenols is 1. The molecule has 0 aromatic heterocycles. The second kappa shape index (κ2) is 9.43. The van der Waals surface area contributed by atoms with Crippen LogP contribution in [0.3, 0.4) is 0 Å². The van der Waals surface area contributed by atoms with Gasteiger partial charge in [0.2, 0.25) is 5.78 Å². The summed E-state index contributed by atoms with van der Waals surface area (Å²) >= 11 is 0. The van der Waals surface area contributed by atoms with E-state index >= 15 is 0 Å². The number of fused-ring (bicyclic) bond motifs is 4. The molecule has 0 saturated heterocycles. The summed E-state index contributed by atoms with van der Waals surface area (Å²) in [6.45, 7) is 6.48. The number of aliphatic hydroxyl groups is 3. The molecule has 5 atom stereocenters. The molecule has 1 heterocycles. The molecule has 10 heteroatoms. The molecule has 4 N–H and O–H groups in total. The Hall–Kier alpha value is -3.21. The fourth-order valence-corrected chi connectivity index (χ4v) is 7.48. The summed E-state index contributed by atoms with van der Waals surface area (Å²) in [5.74, 6) is -5.42. The number of rotatable bonds is 5. The first-order valence-corrected chi connectivity index (χ1v) is 13.8. The molecule has 4 aliphatic rings. The Labute approximate surface area is 234 Å². The number of carbonyl (C=O) groups excluding carboxylic acids is 3. The summed E-state index contributed by atoms with van der Waals surface area (Å²) < 4.78 is 0. The van der Waals surface area contributed by atoms with Crippen LogP contribution in [0.2, 0.25) is 0 Å². The molecule has 3 aliphatic carbocycles. The maximum atomic E-state index is 14.1. The summed E-state index contributed by atoms with van der Waals surface area (Å²) in [6, 6.07) is -0.752. The highest BCUT2D eigenvalue weighted by atomic mass is 16.3. The molecule has 0 bridgehead atoms. The van der Waals surface area contributed by atoms with E-state index in [-0.39, 0.29) is 29.3 Å². The van der Waals surface area contributed by atoms with Crippen LogP contribution >= 0.6 is 0 Å². The number of aliphatic hydroxyl groups excluding tert-OH is 2. The highest BCUT2D eigenvalue weighted by Gasteiger charge is 2.64. The zero-order valence-electron chi connectivity index (χ0n) is 24.2. The van der Waals surface area contributed by atoms with Gasteiger partial charge in [-0.15, -0.1) is 0 Å². The van der Waals surface area contributed by atoms with Crippen LogP contribution in [-0.2, 0) is 33.9 Å². The summed E-state index contributed by atoms with van der Waals surface area (Å²) in [7, 11) is 7.07. The molecule has 0 radical (unpaired) electrons. The third-order valence-corrected chi connectivity index (χ3v) is 9.56. The Kier molecular flexibility index (Phi) is 6.67. The second-order valence-electron chi connectivity index (χ2n) is 12.2. The van der Waals surface area contributed by atoms with Crippen molar-refractivity contribution in [1.82, 2.24) is 9.80 Å². The number of likely N-dealkylation sites (N-methyl/N-ethyl adjacent to an activating group) is 1. The van der Waals surface area contributed by atoms with E-state index < -0.39 is 57.9 Å². The average molecular weight is 554 g/mol. The summed E-state index contributed by atoms with van der Waals surface area (Å²) in [6.07, 6.45) is 1.33. The van der Waals surface area contributed by atoms with Gasteiger partial charge in [-0.3, -0.25) is 24.2 Å². The fraction of sp³-hybridized carbons (Fsp3) is 0.567. The number of phenolic OH excluding ortho intramolecular Hbond substituents is 1. The van der Waals surface area contributed by atoms with Gasteiger partial charge in [0.1, 0.15) is 22.8 Å². The number of carbonyl (C=O) groups is 3. The number of aromatic hydroxyl groups is 1. The molecule has 1 aromatic carbocycles. The minimum absolute atomic E-state index is 0.0825. The third-order valence-electron chi connectivity index (χ3n) is 9.56. The lowest BCUT2D eigenvalue weighted by Crippen LogP contribution is -2.65. The Bertz CT molecular complexity index is 1410. The minimum atomic E-state index is -2.56. The zero-order valence-corrected chi connectivity index (χ0v) is 24.2. The Morgan fingerprint density at radius 2 is 1.70 bits per heavy atom. The smallest absolute Gasteiger partial charge is 0.202 e. The largest absolute Gasteiger partial charge is 0.508 e. The van der Waals surface area contributed by atoms with Gasteiger partial charge in [-0.1, -0.05) is 6.92 Å². The molecule has 1 aliphatic heterocycles. The van der Waals surface area contributed by atoms with E-state index in [4.69, 9.17) is 0 Å². The van der Waals surface area contributed by atoms with Crippen molar-refractivity contribution in [3.8, 4) is 5.75 Å². The van der Waals surface area contributed by atoms with Crippen molar-refractivity contribution < 1.29 is 34.8 Å². The van der Waals surface area contributed by atoms with Crippen LogP contribution < -0.4 is 4.90 Å². The van der Waals surface area contributed by atoms with Gasteiger partial charge >= 0.3 is 0 Å². The lowest BCUT2D eigenvalue weighted by molar-refractivity contribution is -0.153. The lowest BCUT2D eigenvalue weighted by Gasteiger charge is -2.50. The fourth-order valence-electron chi connectivity index (χ4n) is 7.48. The first-order chi connectivity index (χ1) is 18.7. The van der Waals surface area contributed by atoms with Crippen molar-refractivity contribution in [3.05, 3.63) is 39.2 Å². The van der Waals surface area contributed by atoms with Gasteiger partial charge in [-0.25, -0.2) is 0 Å². The highest BCUT2D eigenvalue weighted by molar-refractivity contribution is 6.25. The molecule has 1 saturated carbocycles. The number of nitrogens with zero attached hydrogens (tertiary/aromatic N) is 3. The van der Waals surface area contributed by atoms with Crippen molar-refractivity contribution >= 4 is 28.8 Å². The first-order valence-electron chi connectivity index (χ1n) is 13.8. The van der Waals surface area contributed by atoms with Gasteiger partial charge in [-0.05, 0) is 64.3 Å². The molecule has 216 valence electrons. The maximum Gasteiger partial charge on any atom is 0.202 e. The summed E-state index contributed by atoms with van der Waals surface area (Å²) in [5, 5.41) is 46.2. The van der Waals surface area contributed by atoms with Crippen LogP contribution in [0.25, 0.3) is 5.76 Å². The van der Waals surface area contributed by atoms with Crippen molar-refractivity contribution in [2.24, 2.45) is 11.8 Å². The molecular formula is C30H39N3O7. The monoisotopic (exact) mass is 553 g/mol. The number of anilines is 1. The van der Waals surface area contributed by atoms with E-state index in [2.05, 4.69) is 18.7 Å². The molecule has 0 unspecified atom stereocenters. The van der Waals surface area contributed by atoms with Gasteiger partial charge < -0.3 is 25.3 Å². The molecule has 10 nitrogen and oxygen atoms in total. The van der Waals surface area contributed by atoms with Crippen LogP contribution in [0.4, 0.5) is 5.69 Å². The van der Waals surface area contributed by atoms with Crippen LogP contribution in [0, 0.1) is 11.8 Å². The van der Waals surface area contributed by atoms with Gasteiger partial charge in [-0.2, -0.15) is 0 Å². The topological polar surface area (TPSA) is 142 Å². The summed E-state index contributed by atoms with van der Waals surface area (Å²) in [5.41, 5.74) is 0.202. The molecular weight excluding hydrogens is 514 g/mol. The van der Waals surface area contributed by atoms with E-state index in [1.807, 2.05) is 19.0 Å². The molecule has 40 heavy (non-hydrogen) atoms. The number of Topliss-reactive ketones (excluding diaryl/α,β-unsaturated/α-hetero) is 3. The number of benzene rings is 1. The Morgan fingerprint density at radius 3 is 2.25 bits per heavy atom.